The van der Waals surface area contributed by atoms with Gasteiger partial charge in [0.2, 0.25) is 5.82 Å². The molecule has 0 unspecified atom stereocenters. The predicted molar refractivity (Wildman–Crippen MR) is 71.3 cm³/mol. The number of carboxylic acids is 1. The van der Waals surface area contributed by atoms with Gasteiger partial charge in [-0.2, -0.15) is 0 Å². The quantitative estimate of drug-likeness (QED) is 0.838. The Morgan fingerprint density at radius 2 is 2.00 bits per heavy atom. The summed E-state index contributed by atoms with van der Waals surface area (Å²) in [5.74, 6) is -1.00. The van der Waals surface area contributed by atoms with Crippen LogP contribution in [0.15, 0.2) is 0 Å². The minimum Gasteiger partial charge on any atom is -0.481 e. The van der Waals surface area contributed by atoms with Gasteiger partial charge in [-0.25, -0.2) is 4.98 Å². The number of nitrogens with one attached hydrogen (secondary N) is 1. The number of carboxylic acid groups (broad SMARTS) is 1. The average molecular weight is 280 g/mol. The number of aromatic nitrogens is 3. The van der Waals surface area contributed by atoms with Crippen molar-refractivity contribution in [2.75, 3.05) is 13.1 Å². The Balaban J connectivity index is 2.13. The molecular formula is C13H20N4O3. The first-order chi connectivity index (χ1) is 9.20. The fraction of sp³-hybridized carbons (Fsp3) is 0.692. The molecule has 1 fully saturated rings. The van der Waals surface area contributed by atoms with E-state index in [1.165, 1.54) is 4.90 Å². The summed E-state index contributed by atoms with van der Waals surface area (Å²) >= 11 is 0. The molecule has 1 aliphatic rings. The van der Waals surface area contributed by atoms with E-state index in [1.807, 2.05) is 27.7 Å². The molecule has 2 atom stereocenters. The number of hydrogen-bond acceptors (Lipinski definition) is 4. The van der Waals surface area contributed by atoms with Gasteiger partial charge >= 0.3 is 5.97 Å². The highest BCUT2D eigenvalue weighted by Crippen LogP contribution is 2.24. The Hall–Kier alpha value is -1.92. The van der Waals surface area contributed by atoms with E-state index >= 15 is 0 Å². The van der Waals surface area contributed by atoms with Crippen molar-refractivity contribution in [2.45, 2.75) is 33.1 Å². The second-order valence-electron chi connectivity index (χ2n) is 6.39. The third kappa shape index (κ3) is 2.66. The number of amides is 1. The lowest BCUT2D eigenvalue weighted by Gasteiger charge is -2.14. The maximum atomic E-state index is 12.3. The molecule has 1 amide bonds. The zero-order chi connectivity index (χ0) is 15.1. The van der Waals surface area contributed by atoms with Crippen molar-refractivity contribution in [2.24, 2.45) is 11.8 Å². The number of nitrogens with zero attached hydrogens (tertiary/aromatic N) is 3. The van der Waals surface area contributed by atoms with Gasteiger partial charge in [-0.05, 0) is 5.92 Å². The summed E-state index contributed by atoms with van der Waals surface area (Å²) in [4.78, 5) is 29.1. The monoisotopic (exact) mass is 280 g/mol. The number of rotatable bonds is 2. The number of hydrogen-bond donors (Lipinski definition) is 2. The van der Waals surface area contributed by atoms with Gasteiger partial charge in [-0.1, -0.05) is 27.7 Å². The minimum atomic E-state index is -0.863. The molecule has 0 bridgehead atoms. The van der Waals surface area contributed by atoms with Gasteiger partial charge in [-0.3, -0.25) is 14.7 Å². The van der Waals surface area contributed by atoms with Gasteiger partial charge in [-0.15, -0.1) is 5.10 Å². The van der Waals surface area contributed by atoms with Crippen LogP contribution in [0.3, 0.4) is 0 Å². The summed E-state index contributed by atoms with van der Waals surface area (Å²) in [5, 5.41) is 15.8. The van der Waals surface area contributed by atoms with Crippen LogP contribution in [0.4, 0.5) is 0 Å². The zero-order valence-electron chi connectivity index (χ0n) is 12.2. The maximum Gasteiger partial charge on any atom is 0.308 e. The molecule has 0 aliphatic carbocycles. The van der Waals surface area contributed by atoms with Gasteiger partial charge in [0.25, 0.3) is 5.91 Å². The Morgan fingerprint density at radius 3 is 2.45 bits per heavy atom. The number of aliphatic carboxylic acids is 1. The minimum absolute atomic E-state index is 0.0579. The van der Waals surface area contributed by atoms with Crippen LogP contribution < -0.4 is 0 Å². The van der Waals surface area contributed by atoms with E-state index in [0.717, 1.165) is 0 Å². The molecule has 0 radical (unpaired) electrons. The molecule has 2 heterocycles. The van der Waals surface area contributed by atoms with E-state index in [0.29, 0.717) is 12.4 Å². The molecule has 2 rings (SSSR count). The summed E-state index contributed by atoms with van der Waals surface area (Å²) in [5.41, 5.74) is -0.215. The van der Waals surface area contributed by atoms with Gasteiger partial charge in [0, 0.05) is 18.5 Å². The largest absolute Gasteiger partial charge is 0.481 e. The summed E-state index contributed by atoms with van der Waals surface area (Å²) in [7, 11) is 0. The molecule has 7 nitrogen and oxygen atoms in total. The molecule has 1 saturated heterocycles. The van der Waals surface area contributed by atoms with E-state index in [9.17, 15) is 9.59 Å². The van der Waals surface area contributed by atoms with Crippen molar-refractivity contribution >= 4 is 11.9 Å². The second kappa shape index (κ2) is 4.88. The summed E-state index contributed by atoms with van der Waals surface area (Å²) in [6.07, 6.45) is 0. The fourth-order valence-electron chi connectivity index (χ4n) is 2.29. The molecule has 1 aromatic heterocycles. The lowest BCUT2D eigenvalue weighted by atomic mass is 9.96. The van der Waals surface area contributed by atoms with E-state index in [-0.39, 0.29) is 29.6 Å². The highest BCUT2D eigenvalue weighted by atomic mass is 16.4. The van der Waals surface area contributed by atoms with Gasteiger partial charge < -0.3 is 10.0 Å². The lowest BCUT2D eigenvalue weighted by molar-refractivity contribution is -0.142. The highest BCUT2D eigenvalue weighted by Gasteiger charge is 2.38. The molecule has 110 valence electrons. The summed E-state index contributed by atoms with van der Waals surface area (Å²) < 4.78 is 0. The Morgan fingerprint density at radius 1 is 1.35 bits per heavy atom. The Bertz CT molecular complexity index is 532. The standard InChI is InChI=1S/C13H20N4O3/c1-7-5-17(6-8(7)11(19)20)10(18)9-14-12(16-15-9)13(2,3)4/h7-8H,5-6H2,1-4H3,(H,19,20)(H,14,15,16)/t7-,8-/m1/s1. The SMILES string of the molecule is C[C@@H]1CN(C(=O)c2n[nH]c(C(C)(C)C)n2)C[C@H]1C(=O)O. The molecule has 2 N–H and O–H groups in total. The fourth-order valence-corrected chi connectivity index (χ4v) is 2.29. The molecule has 7 heteroatoms. The van der Waals surface area contributed by atoms with Crippen LogP contribution in [0.2, 0.25) is 0 Å². The number of H-pyrrole nitrogens is 1. The molecule has 0 saturated carbocycles. The molecule has 1 aromatic rings. The van der Waals surface area contributed by atoms with Crippen LogP contribution in [-0.2, 0) is 10.2 Å². The zero-order valence-corrected chi connectivity index (χ0v) is 12.2. The molecule has 1 aliphatic heterocycles. The first kappa shape index (κ1) is 14.5. The summed E-state index contributed by atoms with van der Waals surface area (Å²) in [6.45, 7) is 8.40. The second-order valence-corrected chi connectivity index (χ2v) is 6.39. The van der Waals surface area contributed by atoms with Gasteiger partial charge in [0.05, 0.1) is 5.92 Å². The smallest absolute Gasteiger partial charge is 0.308 e. The maximum absolute atomic E-state index is 12.3. The van der Waals surface area contributed by atoms with E-state index in [2.05, 4.69) is 15.2 Å². The van der Waals surface area contributed by atoms with Crippen molar-refractivity contribution in [1.29, 1.82) is 0 Å². The number of carbonyl (C=O) groups is 2. The van der Waals surface area contributed by atoms with Crippen LogP contribution in [0.5, 0.6) is 0 Å². The Kier molecular flexibility index (Phi) is 3.54. The van der Waals surface area contributed by atoms with Crippen LogP contribution in [-0.4, -0.2) is 50.2 Å². The average Bonchev–Trinajstić information content (AvgIpc) is 2.93. The first-order valence-electron chi connectivity index (χ1n) is 6.65. The molecule has 20 heavy (non-hydrogen) atoms. The van der Waals surface area contributed by atoms with Gasteiger partial charge in [0.15, 0.2) is 0 Å². The van der Waals surface area contributed by atoms with Crippen molar-refractivity contribution in [3.05, 3.63) is 11.6 Å². The number of likely N-dealkylation sites (tertiary alicyclic amines) is 1. The van der Waals surface area contributed by atoms with Crippen molar-refractivity contribution in [1.82, 2.24) is 20.1 Å². The normalized spacial score (nSPS) is 23.1. The predicted octanol–water partition coefficient (Wildman–Crippen LogP) is 0.895. The Labute approximate surface area is 117 Å². The molecular weight excluding hydrogens is 260 g/mol. The van der Waals surface area contributed by atoms with Crippen LogP contribution in [0, 0.1) is 11.8 Å². The highest BCUT2D eigenvalue weighted by molar-refractivity contribution is 5.91. The van der Waals surface area contributed by atoms with Crippen molar-refractivity contribution in [3.63, 3.8) is 0 Å². The molecule has 0 aromatic carbocycles. The van der Waals surface area contributed by atoms with E-state index in [1.54, 1.807) is 0 Å². The molecule has 0 spiro atoms. The third-order valence-electron chi connectivity index (χ3n) is 3.60. The van der Waals surface area contributed by atoms with Crippen molar-refractivity contribution < 1.29 is 14.7 Å². The number of aromatic amines is 1. The van der Waals surface area contributed by atoms with Crippen molar-refractivity contribution in [3.8, 4) is 0 Å². The lowest BCUT2D eigenvalue weighted by Crippen LogP contribution is -2.30. The number of carbonyl (C=O) groups excluding carboxylic acids is 1. The van der Waals surface area contributed by atoms with Gasteiger partial charge in [0.1, 0.15) is 5.82 Å². The van der Waals surface area contributed by atoms with Crippen LogP contribution in [0.25, 0.3) is 0 Å². The van der Waals surface area contributed by atoms with Crippen LogP contribution in [0.1, 0.15) is 44.1 Å². The van der Waals surface area contributed by atoms with Crippen LogP contribution >= 0.6 is 0 Å². The van der Waals surface area contributed by atoms with E-state index < -0.39 is 11.9 Å². The topological polar surface area (TPSA) is 99.2 Å². The summed E-state index contributed by atoms with van der Waals surface area (Å²) in [6, 6.07) is 0. The first-order valence-corrected chi connectivity index (χ1v) is 6.65. The van der Waals surface area contributed by atoms with E-state index in [4.69, 9.17) is 5.11 Å². The third-order valence-corrected chi connectivity index (χ3v) is 3.60.